The maximum absolute atomic E-state index is 12.8. The highest BCUT2D eigenvalue weighted by molar-refractivity contribution is 5.82. The number of carbonyl (C=O) groups excluding carboxylic acids is 1. The second kappa shape index (κ2) is 6.29. The Morgan fingerprint density at radius 2 is 2.04 bits per heavy atom. The Bertz CT molecular complexity index is 691. The molecule has 1 aromatic carbocycles. The van der Waals surface area contributed by atoms with Gasteiger partial charge in [-0.3, -0.25) is 14.9 Å². The molecule has 1 heterocycles. The number of amides is 1. The second-order valence-corrected chi connectivity index (χ2v) is 7.62. The molecule has 0 bridgehead atoms. The van der Waals surface area contributed by atoms with Gasteiger partial charge in [-0.25, -0.2) is 0 Å². The lowest BCUT2D eigenvalue weighted by molar-refractivity contribution is -0.384. The van der Waals surface area contributed by atoms with Crippen LogP contribution < -0.4 is 4.90 Å². The summed E-state index contributed by atoms with van der Waals surface area (Å²) in [6.45, 7) is 5.14. The predicted molar refractivity (Wildman–Crippen MR) is 94.6 cm³/mol. The van der Waals surface area contributed by atoms with Crippen molar-refractivity contribution in [2.75, 3.05) is 32.1 Å². The van der Waals surface area contributed by atoms with Gasteiger partial charge in [0, 0.05) is 44.1 Å². The number of carbonyl (C=O) groups is 1. The minimum atomic E-state index is -0.421. The number of anilines is 1. The van der Waals surface area contributed by atoms with E-state index >= 15 is 0 Å². The summed E-state index contributed by atoms with van der Waals surface area (Å²) in [5.41, 5.74) is 0.390. The number of ether oxygens (including phenoxy) is 1. The maximum atomic E-state index is 12.8. The van der Waals surface area contributed by atoms with E-state index in [9.17, 15) is 14.9 Å². The van der Waals surface area contributed by atoms with Gasteiger partial charge in [0.2, 0.25) is 5.91 Å². The molecule has 1 amide bonds. The second-order valence-electron chi connectivity index (χ2n) is 7.62. The van der Waals surface area contributed by atoms with Crippen molar-refractivity contribution >= 4 is 17.3 Å². The number of para-hydroxylation sites is 2. The van der Waals surface area contributed by atoms with E-state index in [0.717, 1.165) is 13.0 Å². The normalized spacial score (nSPS) is 26.5. The molecule has 7 heteroatoms. The van der Waals surface area contributed by atoms with Gasteiger partial charge in [0.15, 0.2) is 0 Å². The third-order valence-electron chi connectivity index (χ3n) is 5.71. The van der Waals surface area contributed by atoms with Gasteiger partial charge in [-0.1, -0.05) is 26.0 Å². The number of hydrogen-bond donors (Lipinski definition) is 0. The summed E-state index contributed by atoms with van der Waals surface area (Å²) in [4.78, 5) is 27.0. The third-order valence-corrected chi connectivity index (χ3v) is 5.71. The summed E-state index contributed by atoms with van der Waals surface area (Å²) in [6, 6.07) is 6.63. The lowest BCUT2D eigenvalue weighted by Crippen LogP contribution is -2.67. The standard InChI is InChI=1S/C18H25N3O4/c1-18(2)16(12-9-10-25-17(12)18)20(4)15(22)11-19(3)13-7-5-6-8-14(13)21(23)24/h5-8,12,16-17H,9-11H2,1-4H3/t12-,16+,17+/m0/s1. The fourth-order valence-corrected chi connectivity index (χ4v) is 4.58. The van der Waals surface area contributed by atoms with Crippen LogP contribution in [0.15, 0.2) is 24.3 Å². The maximum Gasteiger partial charge on any atom is 0.292 e. The number of fused-ring (bicyclic) bond motifs is 1. The Morgan fingerprint density at radius 3 is 2.72 bits per heavy atom. The number of hydrogen-bond acceptors (Lipinski definition) is 5. The van der Waals surface area contributed by atoms with Gasteiger partial charge in [0.05, 0.1) is 17.6 Å². The Morgan fingerprint density at radius 1 is 1.36 bits per heavy atom. The van der Waals surface area contributed by atoms with Crippen LogP contribution in [-0.2, 0) is 9.53 Å². The van der Waals surface area contributed by atoms with E-state index < -0.39 is 4.92 Å². The quantitative estimate of drug-likeness (QED) is 0.603. The van der Waals surface area contributed by atoms with E-state index in [-0.39, 0.29) is 35.7 Å². The fraction of sp³-hybridized carbons (Fsp3) is 0.611. The summed E-state index contributed by atoms with van der Waals surface area (Å²) >= 11 is 0. The molecule has 3 rings (SSSR count). The molecule has 0 unspecified atom stereocenters. The Kier molecular flexibility index (Phi) is 4.45. The van der Waals surface area contributed by atoms with E-state index in [1.54, 1.807) is 35.0 Å². The van der Waals surface area contributed by atoms with Gasteiger partial charge in [-0.15, -0.1) is 0 Å². The van der Waals surface area contributed by atoms with Crippen LogP contribution in [0.3, 0.4) is 0 Å². The topological polar surface area (TPSA) is 75.9 Å². The van der Waals surface area contributed by atoms with Crippen molar-refractivity contribution in [3.63, 3.8) is 0 Å². The first-order valence-electron chi connectivity index (χ1n) is 8.57. The lowest BCUT2D eigenvalue weighted by atomic mass is 9.57. The summed E-state index contributed by atoms with van der Waals surface area (Å²) in [7, 11) is 3.54. The Labute approximate surface area is 147 Å². The van der Waals surface area contributed by atoms with Crippen LogP contribution in [0.4, 0.5) is 11.4 Å². The summed E-state index contributed by atoms with van der Waals surface area (Å²) in [5, 5.41) is 11.2. The number of nitro groups is 1. The summed E-state index contributed by atoms with van der Waals surface area (Å²) in [6.07, 6.45) is 1.21. The molecular formula is C18H25N3O4. The zero-order valence-corrected chi connectivity index (χ0v) is 15.1. The van der Waals surface area contributed by atoms with Crippen molar-refractivity contribution < 1.29 is 14.5 Å². The Balaban J connectivity index is 1.71. The Hall–Kier alpha value is -2.15. The average molecular weight is 347 g/mol. The molecular weight excluding hydrogens is 322 g/mol. The van der Waals surface area contributed by atoms with E-state index in [2.05, 4.69) is 13.8 Å². The smallest absolute Gasteiger partial charge is 0.292 e. The van der Waals surface area contributed by atoms with E-state index in [4.69, 9.17) is 4.74 Å². The molecule has 0 aromatic heterocycles. The minimum Gasteiger partial charge on any atom is -0.377 e. The largest absolute Gasteiger partial charge is 0.377 e. The molecule has 1 saturated carbocycles. The average Bonchev–Trinajstić information content (AvgIpc) is 3.00. The molecule has 0 N–H and O–H groups in total. The van der Waals surface area contributed by atoms with Gasteiger partial charge in [0.1, 0.15) is 5.69 Å². The monoisotopic (exact) mass is 347 g/mol. The SMILES string of the molecule is CN(CC(=O)N(C)[C@@H]1[C@@H]2CCO[C@H]2C1(C)C)c1ccccc1[N+](=O)[O-]. The zero-order valence-electron chi connectivity index (χ0n) is 15.1. The first-order chi connectivity index (χ1) is 11.7. The number of nitrogens with zero attached hydrogens (tertiary/aromatic N) is 3. The van der Waals surface area contributed by atoms with Crippen molar-refractivity contribution in [2.24, 2.45) is 11.3 Å². The highest BCUT2D eigenvalue weighted by Gasteiger charge is 2.61. The lowest BCUT2D eigenvalue weighted by Gasteiger charge is -2.57. The fourth-order valence-electron chi connectivity index (χ4n) is 4.58. The van der Waals surface area contributed by atoms with Crippen LogP contribution in [0.2, 0.25) is 0 Å². The predicted octanol–water partition coefficient (Wildman–Crippen LogP) is 2.30. The molecule has 25 heavy (non-hydrogen) atoms. The van der Waals surface area contributed by atoms with Gasteiger partial charge in [-0.05, 0) is 12.5 Å². The first kappa shape index (κ1) is 17.7. The minimum absolute atomic E-state index is 0.00804. The molecule has 2 aliphatic rings. The molecule has 1 aliphatic carbocycles. The van der Waals surface area contributed by atoms with Crippen LogP contribution >= 0.6 is 0 Å². The van der Waals surface area contributed by atoms with Crippen LogP contribution in [0.1, 0.15) is 20.3 Å². The number of likely N-dealkylation sites (N-methyl/N-ethyl adjacent to an activating group) is 2. The summed E-state index contributed by atoms with van der Waals surface area (Å²) < 4.78 is 5.80. The van der Waals surface area contributed by atoms with Gasteiger partial charge >= 0.3 is 0 Å². The van der Waals surface area contributed by atoms with Crippen molar-refractivity contribution in [3.8, 4) is 0 Å². The van der Waals surface area contributed by atoms with Crippen molar-refractivity contribution in [2.45, 2.75) is 32.4 Å². The van der Waals surface area contributed by atoms with Crippen LogP contribution in [0.5, 0.6) is 0 Å². The third kappa shape index (κ3) is 2.86. The van der Waals surface area contributed by atoms with Gasteiger partial charge in [0.25, 0.3) is 5.69 Å². The molecule has 1 aromatic rings. The highest BCUT2D eigenvalue weighted by Crippen LogP contribution is 2.54. The molecule has 7 nitrogen and oxygen atoms in total. The molecule has 0 spiro atoms. The van der Waals surface area contributed by atoms with E-state index in [1.807, 2.05) is 7.05 Å². The van der Waals surface area contributed by atoms with Crippen LogP contribution in [0, 0.1) is 21.4 Å². The van der Waals surface area contributed by atoms with E-state index in [1.165, 1.54) is 6.07 Å². The van der Waals surface area contributed by atoms with Gasteiger partial charge in [-0.2, -0.15) is 0 Å². The summed E-state index contributed by atoms with van der Waals surface area (Å²) in [5.74, 6) is 0.351. The first-order valence-corrected chi connectivity index (χ1v) is 8.57. The van der Waals surface area contributed by atoms with Crippen LogP contribution in [0.25, 0.3) is 0 Å². The molecule has 1 saturated heterocycles. The molecule has 3 atom stereocenters. The number of nitro benzene ring substituents is 1. The number of rotatable bonds is 5. The molecule has 1 aliphatic heterocycles. The van der Waals surface area contributed by atoms with Crippen molar-refractivity contribution in [3.05, 3.63) is 34.4 Å². The number of benzene rings is 1. The van der Waals surface area contributed by atoms with E-state index in [0.29, 0.717) is 11.6 Å². The van der Waals surface area contributed by atoms with Crippen molar-refractivity contribution in [1.82, 2.24) is 4.90 Å². The van der Waals surface area contributed by atoms with Gasteiger partial charge < -0.3 is 14.5 Å². The molecule has 136 valence electrons. The van der Waals surface area contributed by atoms with Crippen molar-refractivity contribution in [1.29, 1.82) is 0 Å². The zero-order chi connectivity index (χ0) is 18.4. The van der Waals surface area contributed by atoms with Crippen LogP contribution in [-0.4, -0.2) is 55.1 Å². The highest BCUT2D eigenvalue weighted by atomic mass is 16.6. The molecule has 2 fully saturated rings. The molecule has 0 radical (unpaired) electrons.